The summed E-state index contributed by atoms with van der Waals surface area (Å²) < 4.78 is 10.7. The lowest BCUT2D eigenvalue weighted by Gasteiger charge is -2.25. The number of hydrogen-bond acceptors (Lipinski definition) is 5. The lowest BCUT2D eigenvalue weighted by atomic mass is 10.2. The molecule has 7 nitrogen and oxygen atoms in total. The van der Waals surface area contributed by atoms with E-state index in [-0.39, 0.29) is 18.7 Å². The Bertz CT molecular complexity index is 929. The average Bonchev–Trinajstić information content (AvgIpc) is 3.15. The van der Waals surface area contributed by atoms with Gasteiger partial charge >= 0.3 is 12.2 Å². The quantitative estimate of drug-likeness (QED) is 0.745. The number of carbonyl (C=O) groups excluding carboxylic acids is 2. The van der Waals surface area contributed by atoms with Crippen molar-refractivity contribution in [2.75, 3.05) is 23.3 Å². The van der Waals surface area contributed by atoms with Gasteiger partial charge in [0.1, 0.15) is 12.2 Å². The fraction of sp³-hybridized carbons (Fsp3) is 0.417. The zero-order valence-electron chi connectivity index (χ0n) is 18.1. The number of anilines is 2. The normalized spacial score (nSPS) is 21.8. The molecular formula is C24H29N3O4. The summed E-state index contributed by atoms with van der Waals surface area (Å²) >= 11 is 0. The van der Waals surface area contributed by atoms with Gasteiger partial charge in [-0.25, -0.2) is 9.59 Å². The van der Waals surface area contributed by atoms with Crippen LogP contribution in [-0.2, 0) is 16.1 Å². The average molecular weight is 424 g/mol. The first-order valence-electron chi connectivity index (χ1n) is 10.6. The summed E-state index contributed by atoms with van der Waals surface area (Å²) in [4.78, 5) is 26.6. The Labute approximate surface area is 182 Å². The standard InChI is InChI=1S/C24H29N3O4/c1-24(2,3)31-23(29)26-21-17-13-27(14-18(17)21)20-12-8-7-11-19(20)25-22(28)30-15-16-9-5-4-6-10-16/h4-12,17-18,21H,13-15H2,1-3H3,(H,25,28)(H,26,29)/t17-,18?,21?/m0/s1. The third-order valence-electron chi connectivity index (χ3n) is 5.57. The van der Waals surface area contributed by atoms with Crippen molar-refractivity contribution in [3.8, 4) is 0 Å². The van der Waals surface area contributed by atoms with E-state index in [2.05, 4.69) is 15.5 Å². The molecule has 2 amide bonds. The van der Waals surface area contributed by atoms with Crippen molar-refractivity contribution in [3.63, 3.8) is 0 Å². The van der Waals surface area contributed by atoms with Crippen LogP contribution >= 0.6 is 0 Å². The van der Waals surface area contributed by atoms with Crippen molar-refractivity contribution in [1.82, 2.24) is 5.32 Å². The molecule has 164 valence electrons. The van der Waals surface area contributed by atoms with E-state index in [1.165, 1.54) is 0 Å². The van der Waals surface area contributed by atoms with Gasteiger partial charge in [0.15, 0.2) is 0 Å². The largest absolute Gasteiger partial charge is 0.444 e. The summed E-state index contributed by atoms with van der Waals surface area (Å²) in [6.45, 7) is 7.44. The van der Waals surface area contributed by atoms with Gasteiger partial charge in [-0.15, -0.1) is 0 Å². The smallest absolute Gasteiger partial charge is 0.412 e. The highest BCUT2D eigenvalue weighted by molar-refractivity contribution is 5.89. The number of nitrogens with one attached hydrogen (secondary N) is 2. The molecule has 31 heavy (non-hydrogen) atoms. The summed E-state index contributed by atoms with van der Waals surface area (Å²) in [6.07, 6.45) is -0.841. The molecule has 2 aromatic rings. The fourth-order valence-corrected chi connectivity index (χ4v) is 4.11. The molecule has 1 heterocycles. The molecule has 1 saturated heterocycles. The maximum Gasteiger partial charge on any atom is 0.412 e. The first-order valence-corrected chi connectivity index (χ1v) is 10.6. The number of benzene rings is 2. The summed E-state index contributed by atoms with van der Waals surface area (Å²) in [7, 11) is 0. The topological polar surface area (TPSA) is 79.9 Å². The molecule has 4 rings (SSSR count). The molecule has 1 saturated carbocycles. The van der Waals surface area contributed by atoms with Crippen LogP contribution in [0.5, 0.6) is 0 Å². The number of para-hydroxylation sites is 2. The van der Waals surface area contributed by atoms with E-state index in [1.807, 2.05) is 75.4 Å². The zero-order valence-corrected chi connectivity index (χ0v) is 18.1. The van der Waals surface area contributed by atoms with Gasteiger partial charge in [0.25, 0.3) is 0 Å². The van der Waals surface area contributed by atoms with E-state index in [9.17, 15) is 9.59 Å². The second kappa shape index (κ2) is 8.49. The molecule has 7 heteroatoms. The molecule has 0 aromatic heterocycles. The molecule has 2 aromatic carbocycles. The highest BCUT2D eigenvalue weighted by Crippen LogP contribution is 2.48. The van der Waals surface area contributed by atoms with Crippen molar-refractivity contribution in [3.05, 3.63) is 60.2 Å². The van der Waals surface area contributed by atoms with E-state index in [0.29, 0.717) is 11.8 Å². The Morgan fingerprint density at radius 1 is 0.968 bits per heavy atom. The Kier molecular flexibility index (Phi) is 5.76. The molecule has 2 aliphatic rings. The molecular weight excluding hydrogens is 394 g/mol. The molecule has 2 N–H and O–H groups in total. The zero-order chi connectivity index (χ0) is 22.0. The summed E-state index contributed by atoms with van der Waals surface area (Å²) in [6, 6.07) is 17.4. The van der Waals surface area contributed by atoms with Crippen LogP contribution in [0.3, 0.4) is 0 Å². The predicted octanol–water partition coefficient (Wildman–Crippen LogP) is 4.39. The molecule has 1 aliphatic carbocycles. The minimum atomic E-state index is -0.500. The maximum absolute atomic E-state index is 12.3. The third-order valence-corrected chi connectivity index (χ3v) is 5.57. The Hall–Kier alpha value is -3.22. The number of hydrogen-bond donors (Lipinski definition) is 2. The predicted molar refractivity (Wildman–Crippen MR) is 119 cm³/mol. The van der Waals surface area contributed by atoms with Crippen LogP contribution in [0.15, 0.2) is 54.6 Å². The summed E-state index contributed by atoms with van der Waals surface area (Å²) in [5, 5.41) is 5.85. The van der Waals surface area contributed by atoms with Crippen LogP contribution in [0.1, 0.15) is 26.3 Å². The monoisotopic (exact) mass is 423 g/mol. The van der Waals surface area contributed by atoms with E-state index in [4.69, 9.17) is 9.47 Å². The van der Waals surface area contributed by atoms with Crippen molar-refractivity contribution in [2.45, 2.75) is 39.0 Å². The Balaban J connectivity index is 1.30. The number of carbonyl (C=O) groups is 2. The highest BCUT2D eigenvalue weighted by atomic mass is 16.6. The Morgan fingerprint density at radius 3 is 2.29 bits per heavy atom. The van der Waals surface area contributed by atoms with Crippen LogP contribution in [-0.4, -0.2) is 36.9 Å². The lowest BCUT2D eigenvalue weighted by molar-refractivity contribution is 0.0518. The lowest BCUT2D eigenvalue weighted by Crippen LogP contribution is -2.38. The van der Waals surface area contributed by atoms with Gasteiger partial charge in [0, 0.05) is 31.0 Å². The van der Waals surface area contributed by atoms with E-state index < -0.39 is 11.7 Å². The van der Waals surface area contributed by atoms with Gasteiger partial charge in [0.05, 0.1) is 11.4 Å². The number of rotatable bonds is 5. The molecule has 0 spiro atoms. The Morgan fingerprint density at radius 2 is 1.61 bits per heavy atom. The number of ether oxygens (including phenoxy) is 2. The first kappa shape index (κ1) is 21.0. The molecule has 1 aliphatic heterocycles. The highest BCUT2D eigenvalue weighted by Gasteiger charge is 2.57. The van der Waals surface area contributed by atoms with Crippen LogP contribution in [0.4, 0.5) is 21.0 Å². The van der Waals surface area contributed by atoms with Gasteiger partial charge in [-0.05, 0) is 38.5 Å². The van der Waals surface area contributed by atoms with Crippen LogP contribution in [0, 0.1) is 11.8 Å². The summed E-state index contributed by atoms with van der Waals surface area (Å²) in [5.74, 6) is 0.788. The number of fused-ring (bicyclic) bond motifs is 1. The minimum absolute atomic E-state index is 0.155. The van der Waals surface area contributed by atoms with Gasteiger partial charge in [-0.2, -0.15) is 0 Å². The van der Waals surface area contributed by atoms with Crippen molar-refractivity contribution in [2.24, 2.45) is 11.8 Å². The van der Waals surface area contributed by atoms with Crippen LogP contribution < -0.4 is 15.5 Å². The third kappa shape index (κ3) is 5.29. The second-order valence-electron chi connectivity index (χ2n) is 9.11. The molecule has 0 bridgehead atoms. The molecule has 0 radical (unpaired) electrons. The van der Waals surface area contributed by atoms with Gasteiger partial charge in [-0.3, -0.25) is 5.32 Å². The SMILES string of the molecule is CC(C)(C)OC(=O)NC1C2CN(c3ccccc3NC(=O)OCc3ccccc3)C[C@@H]21. The number of alkyl carbamates (subject to hydrolysis) is 1. The second-order valence-corrected chi connectivity index (χ2v) is 9.11. The van der Waals surface area contributed by atoms with Gasteiger partial charge in [0.2, 0.25) is 0 Å². The van der Waals surface area contributed by atoms with Crippen molar-refractivity contribution in [1.29, 1.82) is 0 Å². The van der Waals surface area contributed by atoms with E-state index in [0.717, 1.165) is 30.0 Å². The number of nitrogens with zero attached hydrogens (tertiary/aromatic N) is 1. The molecule has 3 atom stereocenters. The van der Waals surface area contributed by atoms with Gasteiger partial charge < -0.3 is 19.7 Å². The van der Waals surface area contributed by atoms with Crippen molar-refractivity contribution >= 4 is 23.6 Å². The van der Waals surface area contributed by atoms with E-state index in [1.54, 1.807) is 0 Å². The van der Waals surface area contributed by atoms with Crippen LogP contribution in [0.25, 0.3) is 0 Å². The van der Waals surface area contributed by atoms with Gasteiger partial charge in [-0.1, -0.05) is 42.5 Å². The van der Waals surface area contributed by atoms with E-state index >= 15 is 0 Å². The molecule has 2 fully saturated rings. The number of piperidine rings is 1. The minimum Gasteiger partial charge on any atom is -0.444 e. The fourth-order valence-electron chi connectivity index (χ4n) is 4.11. The van der Waals surface area contributed by atoms with Crippen LogP contribution in [0.2, 0.25) is 0 Å². The number of amides is 2. The maximum atomic E-state index is 12.3. The summed E-state index contributed by atoms with van der Waals surface area (Å²) in [5.41, 5.74) is 2.12. The van der Waals surface area contributed by atoms with Crippen molar-refractivity contribution < 1.29 is 19.1 Å². The first-order chi connectivity index (χ1) is 14.8. The molecule has 2 unspecified atom stereocenters.